The van der Waals surface area contributed by atoms with E-state index in [0.717, 1.165) is 37.9 Å². The molecule has 2 heterocycles. The number of nitrogens with zero attached hydrogens (tertiary/aromatic N) is 1. The van der Waals surface area contributed by atoms with Gasteiger partial charge in [-0.05, 0) is 6.07 Å². The Morgan fingerprint density at radius 3 is 2.93 bits per heavy atom. The molecule has 0 aliphatic carbocycles. The van der Waals surface area contributed by atoms with Crippen LogP contribution in [0.4, 0.5) is 0 Å². The quantitative estimate of drug-likeness (QED) is 0.859. The summed E-state index contributed by atoms with van der Waals surface area (Å²) in [5.41, 5.74) is 3.36. The molecular weight excluding hydrogens is 220 g/mol. The van der Waals surface area contributed by atoms with E-state index in [4.69, 9.17) is 16.3 Å². The lowest BCUT2D eigenvalue weighted by molar-refractivity contribution is 0.0107. The Kier molecular flexibility index (Phi) is 3.78. The molecule has 1 fully saturated rings. The molecule has 1 aromatic heterocycles. The van der Waals surface area contributed by atoms with Gasteiger partial charge in [0.1, 0.15) is 0 Å². The summed E-state index contributed by atoms with van der Waals surface area (Å²) >= 11 is 7.52. The molecule has 1 N–H and O–H groups in total. The van der Waals surface area contributed by atoms with Crippen molar-refractivity contribution in [3.8, 4) is 0 Å². The minimum Gasteiger partial charge on any atom is -0.379 e. The average Bonchev–Trinajstić information content (AvgIpc) is 2.63. The lowest BCUT2D eigenvalue weighted by Gasteiger charge is -2.26. The summed E-state index contributed by atoms with van der Waals surface area (Å²) in [7, 11) is 0. The zero-order chi connectivity index (χ0) is 9.80. The monoisotopic (exact) mass is 232 g/mol. The summed E-state index contributed by atoms with van der Waals surface area (Å²) in [5, 5.41) is 4.98. The van der Waals surface area contributed by atoms with Crippen LogP contribution in [0.25, 0.3) is 0 Å². The fraction of sp³-hybridized carbons (Fsp3) is 0.556. The van der Waals surface area contributed by atoms with Gasteiger partial charge in [0.05, 0.1) is 18.2 Å². The molecule has 0 radical (unpaired) electrons. The number of hydrogen-bond acceptors (Lipinski definition) is 4. The minimum absolute atomic E-state index is 0.818. The maximum atomic E-state index is 5.83. The number of ether oxygens (including phenoxy) is 1. The van der Waals surface area contributed by atoms with Crippen molar-refractivity contribution in [3.05, 3.63) is 21.3 Å². The van der Waals surface area contributed by atoms with E-state index < -0.39 is 0 Å². The highest BCUT2D eigenvalue weighted by Crippen LogP contribution is 2.18. The van der Waals surface area contributed by atoms with Crippen LogP contribution >= 0.6 is 22.9 Å². The molecule has 0 bridgehead atoms. The normalized spacial score (nSPS) is 18.6. The van der Waals surface area contributed by atoms with E-state index in [0.29, 0.717) is 0 Å². The van der Waals surface area contributed by atoms with Crippen molar-refractivity contribution in [3.63, 3.8) is 0 Å². The van der Waals surface area contributed by atoms with E-state index in [2.05, 4.69) is 10.4 Å². The van der Waals surface area contributed by atoms with Gasteiger partial charge < -0.3 is 4.74 Å². The molecule has 0 atom stereocenters. The second-order valence-corrected chi connectivity index (χ2v) is 4.60. The second-order valence-electron chi connectivity index (χ2n) is 3.17. The third kappa shape index (κ3) is 2.93. The Balaban J connectivity index is 1.76. The number of nitrogens with one attached hydrogen (secondary N) is 1. The van der Waals surface area contributed by atoms with Gasteiger partial charge in [-0.1, -0.05) is 11.6 Å². The molecule has 3 nitrogen and oxygen atoms in total. The standard InChI is InChI=1S/C9H13ClN2OS/c10-8-5-9(14-7-8)6-11-12-1-3-13-4-2-12/h5,7,11H,1-4,6H2. The molecule has 5 heteroatoms. The van der Waals surface area contributed by atoms with Gasteiger partial charge in [-0.3, -0.25) is 0 Å². The van der Waals surface area contributed by atoms with Gasteiger partial charge >= 0.3 is 0 Å². The molecule has 14 heavy (non-hydrogen) atoms. The van der Waals surface area contributed by atoms with E-state index in [1.807, 2.05) is 11.4 Å². The van der Waals surface area contributed by atoms with Crippen molar-refractivity contribution < 1.29 is 4.74 Å². The van der Waals surface area contributed by atoms with Gasteiger partial charge in [0, 0.05) is 29.9 Å². The van der Waals surface area contributed by atoms with Crippen molar-refractivity contribution in [2.24, 2.45) is 0 Å². The van der Waals surface area contributed by atoms with Gasteiger partial charge in [0.25, 0.3) is 0 Å². The van der Waals surface area contributed by atoms with Gasteiger partial charge in [0.2, 0.25) is 0 Å². The van der Waals surface area contributed by atoms with Crippen LogP contribution in [0.2, 0.25) is 5.02 Å². The van der Waals surface area contributed by atoms with Crippen LogP contribution in [-0.4, -0.2) is 31.3 Å². The predicted molar refractivity (Wildman–Crippen MR) is 58.6 cm³/mol. The first-order valence-corrected chi connectivity index (χ1v) is 5.89. The Bertz CT molecular complexity index is 286. The Hall–Kier alpha value is -0.130. The van der Waals surface area contributed by atoms with E-state index in [1.54, 1.807) is 11.3 Å². The summed E-state index contributed by atoms with van der Waals surface area (Å²) < 4.78 is 5.26. The maximum absolute atomic E-state index is 5.83. The first-order chi connectivity index (χ1) is 6.84. The molecule has 1 saturated heterocycles. The highest BCUT2D eigenvalue weighted by Gasteiger charge is 2.09. The molecule has 0 spiro atoms. The summed E-state index contributed by atoms with van der Waals surface area (Å²) in [6.07, 6.45) is 0. The topological polar surface area (TPSA) is 24.5 Å². The minimum atomic E-state index is 0.818. The molecule has 78 valence electrons. The number of hydrazine groups is 1. The van der Waals surface area contributed by atoms with Crippen molar-refractivity contribution in [1.82, 2.24) is 10.4 Å². The molecule has 0 aromatic carbocycles. The molecule has 0 saturated carbocycles. The Morgan fingerprint density at radius 1 is 1.50 bits per heavy atom. The van der Waals surface area contributed by atoms with Crippen LogP contribution in [0.15, 0.2) is 11.4 Å². The lowest BCUT2D eigenvalue weighted by Crippen LogP contribution is -2.45. The fourth-order valence-corrected chi connectivity index (χ4v) is 2.36. The number of hydrogen-bond donors (Lipinski definition) is 1. The van der Waals surface area contributed by atoms with Crippen LogP contribution in [0, 0.1) is 0 Å². The van der Waals surface area contributed by atoms with E-state index >= 15 is 0 Å². The molecule has 1 aliphatic rings. The van der Waals surface area contributed by atoms with Crippen molar-refractivity contribution in [2.75, 3.05) is 26.3 Å². The number of rotatable bonds is 3. The number of thiophene rings is 1. The van der Waals surface area contributed by atoms with Crippen LogP contribution in [-0.2, 0) is 11.3 Å². The van der Waals surface area contributed by atoms with Crippen molar-refractivity contribution in [2.45, 2.75) is 6.54 Å². The molecule has 1 aromatic rings. The maximum Gasteiger partial charge on any atom is 0.0608 e. The van der Waals surface area contributed by atoms with Gasteiger partial charge in [-0.2, -0.15) is 0 Å². The SMILES string of the molecule is Clc1csc(CNN2CCOCC2)c1. The van der Waals surface area contributed by atoms with E-state index in [-0.39, 0.29) is 0 Å². The van der Waals surface area contributed by atoms with Gasteiger partial charge in [-0.25, -0.2) is 10.4 Å². The third-order valence-corrected chi connectivity index (χ3v) is 3.39. The largest absolute Gasteiger partial charge is 0.379 e. The smallest absolute Gasteiger partial charge is 0.0608 e. The summed E-state index contributed by atoms with van der Waals surface area (Å²) in [5.74, 6) is 0. The molecule has 1 aliphatic heterocycles. The molecule has 2 rings (SSSR count). The average molecular weight is 233 g/mol. The van der Waals surface area contributed by atoms with Crippen molar-refractivity contribution >= 4 is 22.9 Å². The third-order valence-electron chi connectivity index (χ3n) is 2.11. The van der Waals surface area contributed by atoms with Gasteiger partial charge in [-0.15, -0.1) is 11.3 Å². The zero-order valence-electron chi connectivity index (χ0n) is 7.83. The second kappa shape index (κ2) is 5.09. The summed E-state index contributed by atoms with van der Waals surface area (Å²) in [4.78, 5) is 1.27. The Labute approximate surface area is 92.6 Å². The number of morpholine rings is 1. The molecule has 0 amide bonds. The first-order valence-electron chi connectivity index (χ1n) is 4.64. The molecule has 0 unspecified atom stereocenters. The van der Waals surface area contributed by atoms with Crippen molar-refractivity contribution in [1.29, 1.82) is 0 Å². The van der Waals surface area contributed by atoms with Crippen LogP contribution in [0.5, 0.6) is 0 Å². The highest BCUT2D eigenvalue weighted by molar-refractivity contribution is 7.10. The zero-order valence-corrected chi connectivity index (χ0v) is 9.40. The fourth-order valence-electron chi connectivity index (χ4n) is 1.36. The predicted octanol–water partition coefficient (Wildman–Crippen LogP) is 1.74. The van der Waals surface area contributed by atoms with Crippen LogP contribution < -0.4 is 5.43 Å². The molecular formula is C9H13ClN2OS. The summed E-state index contributed by atoms with van der Waals surface area (Å²) in [6.45, 7) is 4.41. The first kappa shape index (κ1) is 10.4. The Morgan fingerprint density at radius 2 is 2.29 bits per heavy atom. The van der Waals surface area contributed by atoms with E-state index in [1.165, 1.54) is 4.88 Å². The van der Waals surface area contributed by atoms with E-state index in [9.17, 15) is 0 Å². The highest BCUT2D eigenvalue weighted by atomic mass is 35.5. The van der Waals surface area contributed by atoms with Crippen LogP contribution in [0.3, 0.4) is 0 Å². The van der Waals surface area contributed by atoms with Gasteiger partial charge in [0.15, 0.2) is 0 Å². The lowest BCUT2D eigenvalue weighted by atomic mass is 10.4. The summed E-state index contributed by atoms with van der Waals surface area (Å²) in [6, 6.07) is 2.00. The number of halogens is 1. The van der Waals surface area contributed by atoms with Crippen LogP contribution in [0.1, 0.15) is 4.88 Å².